The first kappa shape index (κ1) is 12.2. The number of carboxylic acid groups (broad SMARTS) is 1. The van der Waals surface area contributed by atoms with Crippen molar-refractivity contribution in [3.63, 3.8) is 0 Å². The molecule has 1 aromatic carbocycles. The number of halogens is 1. The van der Waals surface area contributed by atoms with Crippen molar-refractivity contribution in [2.75, 3.05) is 0 Å². The number of benzene rings is 1. The Bertz CT molecular complexity index is 599. The largest absolute Gasteiger partial charge is 0.478 e. The number of aryl methyl sites for hydroxylation is 1. The third-order valence-electron chi connectivity index (χ3n) is 2.59. The fourth-order valence-electron chi connectivity index (χ4n) is 1.75. The summed E-state index contributed by atoms with van der Waals surface area (Å²) in [7, 11) is 0. The zero-order chi connectivity index (χ0) is 13.1. The zero-order valence-corrected chi connectivity index (χ0v) is 9.72. The van der Waals surface area contributed by atoms with E-state index in [1.54, 1.807) is 6.20 Å². The normalized spacial score (nSPS) is 10.3. The summed E-state index contributed by atoms with van der Waals surface area (Å²) in [5.41, 5.74) is 1.80. The summed E-state index contributed by atoms with van der Waals surface area (Å²) in [6.45, 7) is 1.92. The summed E-state index contributed by atoms with van der Waals surface area (Å²) in [6.07, 6.45) is 3.64. The van der Waals surface area contributed by atoms with Crippen molar-refractivity contribution in [2.45, 2.75) is 13.3 Å². The second kappa shape index (κ2) is 4.91. The molecule has 0 unspecified atom stereocenters. The molecule has 1 aromatic heterocycles. The van der Waals surface area contributed by atoms with Gasteiger partial charge in [-0.1, -0.05) is 6.92 Å². The monoisotopic (exact) mass is 246 g/mol. The van der Waals surface area contributed by atoms with Crippen LogP contribution in [0.2, 0.25) is 0 Å². The van der Waals surface area contributed by atoms with Crippen LogP contribution in [0, 0.1) is 5.82 Å². The van der Waals surface area contributed by atoms with E-state index >= 15 is 0 Å². The van der Waals surface area contributed by atoms with E-state index in [9.17, 15) is 9.18 Å². The van der Waals surface area contributed by atoms with E-state index in [-0.39, 0.29) is 5.56 Å². The molecular formula is C13H11FN2O2. The minimum Gasteiger partial charge on any atom is -0.478 e. The molecule has 0 spiro atoms. The van der Waals surface area contributed by atoms with Crippen LogP contribution in [0.3, 0.4) is 0 Å². The SMILES string of the molecule is CCc1ncncc1-c1cc(F)cc(C(=O)O)c1. The average Bonchev–Trinajstić information content (AvgIpc) is 2.38. The minimum atomic E-state index is -1.16. The molecule has 5 heteroatoms. The van der Waals surface area contributed by atoms with E-state index < -0.39 is 11.8 Å². The quantitative estimate of drug-likeness (QED) is 0.903. The van der Waals surface area contributed by atoms with Gasteiger partial charge in [0.1, 0.15) is 12.1 Å². The average molecular weight is 246 g/mol. The summed E-state index contributed by atoms with van der Waals surface area (Å²) >= 11 is 0. The lowest BCUT2D eigenvalue weighted by Gasteiger charge is -2.07. The Labute approximate surface area is 103 Å². The Kier molecular flexibility index (Phi) is 3.32. The van der Waals surface area contributed by atoms with Crippen LogP contribution < -0.4 is 0 Å². The fraction of sp³-hybridized carbons (Fsp3) is 0.154. The smallest absolute Gasteiger partial charge is 0.335 e. The van der Waals surface area contributed by atoms with Crippen LogP contribution in [-0.2, 0) is 6.42 Å². The van der Waals surface area contributed by atoms with E-state index in [1.165, 1.54) is 18.5 Å². The molecule has 92 valence electrons. The molecule has 0 aliphatic carbocycles. The van der Waals surface area contributed by atoms with Gasteiger partial charge < -0.3 is 5.11 Å². The molecule has 0 amide bonds. The van der Waals surface area contributed by atoms with Crippen LogP contribution in [0.5, 0.6) is 0 Å². The maximum absolute atomic E-state index is 13.4. The number of hydrogen-bond donors (Lipinski definition) is 1. The van der Waals surface area contributed by atoms with Crippen molar-refractivity contribution >= 4 is 5.97 Å². The second-order valence-corrected chi connectivity index (χ2v) is 3.77. The molecule has 0 aliphatic rings. The summed E-state index contributed by atoms with van der Waals surface area (Å²) in [5.74, 6) is -1.75. The number of carbonyl (C=O) groups is 1. The highest BCUT2D eigenvalue weighted by atomic mass is 19.1. The third-order valence-corrected chi connectivity index (χ3v) is 2.59. The molecule has 0 atom stereocenters. The standard InChI is InChI=1S/C13H11FN2O2/c1-2-12-11(6-15-7-16-12)8-3-9(13(17)18)5-10(14)4-8/h3-7H,2H2,1H3,(H,17,18). The van der Waals surface area contributed by atoms with Crippen LogP contribution in [0.25, 0.3) is 11.1 Å². The van der Waals surface area contributed by atoms with E-state index in [0.717, 1.165) is 11.8 Å². The van der Waals surface area contributed by atoms with Gasteiger partial charge in [-0.05, 0) is 30.2 Å². The van der Waals surface area contributed by atoms with Gasteiger partial charge in [-0.2, -0.15) is 0 Å². The van der Waals surface area contributed by atoms with Crippen LogP contribution >= 0.6 is 0 Å². The van der Waals surface area contributed by atoms with Crippen molar-refractivity contribution in [3.8, 4) is 11.1 Å². The molecule has 0 fully saturated rings. The van der Waals surface area contributed by atoms with Crippen molar-refractivity contribution in [1.29, 1.82) is 0 Å². The maximum atomic E-state index is 13.4. The Hall–Kier alpha value is -2.30. The molecule has 0 bridgehead atoms. The highest BCUT2D eigenvalue weighted by Crippen LogP contribution is 2.24. The number of aromatic nitrogens is 2. The lowest BCUT2D eigenvalue weighted by atomic mass is 10.0. The Morgan fingerprint density at radius 3 is 2.83 bits per heavy atom. The van der Waals surface area contributed by atoms with Crippen molar-refractivity contribution in [1.82, 2.24) is 9.97 Å². The molecule has 0 saturated carbocycles. The number of aromatic carboxylic acids is 1. The van der Waals surface area contributed by atoms with Gasteiger partial charge >= 0.3 is 5.97 Å². The Morgan fingerprint density at radius 1 is 1.39 bits per heavy atom. The second-order valence-electron chi connectivity index (χ2n) is 3.77. The predicted octanol–water partition coefficient (Wildman–Crippen LogP) is 2.54. The number of hydrogen-bond acceptors (Lipinski definition) is 3. The van der Waals surface area contributed by atoms with Gasteiger partial charge in [0.05, 0.1) is 11.3 Å². The number of carboxylic acids is 1. The Morgan fingerprint density at radius 2 is 2.17 bits per heavy atom. The maximum Gasteiger partial charge on any atom is 0.335 e. The fourth-order valence-corrected chi connectivity index (χ4v) is 1.75. The minimum absolute atomic E-state index is 0.0871. The Balaban J connectivity index is 2.60. The molecule has 0 aliphatic heterocycles. The van der Waals surface area contributed by atoms with Gasteiger partial charge in [0.2, 0.25) is 0 Å². The summed E-state index contributed by atoms with van der Waals surface area (Å²) in [4.78, 5) is 18.9. The lowest BCUT2D eigenvalue weighted by Crippen LogP contribution is -1.99. The number of rotatable bonds is 3. The first-order valence-electron chi connectivity index (χ1n) is 5.45. The molecule has 4 nitrogen and oxygen atoms in total. The number of nitrogens with zero attached hydrogens (tertiary/aromatic N) is 2. The molecule has 2 rings (SSSR count). The van der Waals surface area contributed by atoms with Gasteiger partial charge in [0.25, 0.3) is 0 Å². The topological polar surface area (TPSA) is 63.1 Å². The van der Waals surface area contributed by atoms with Gasteiger partial charge in [-0.3, -0.25) is 0 Å². The van der Waals surface area contributed by atoms with Gasteiger partial charge in [-0.25, -0.2) is 19.2 Å². The lowest BCUT2D eigenvalue weighted by molar-refractivity contribution is 0.0696. The van der Waals surface area contributed by atoms with Gasteiger partial charge in [0, 0.05) is 11.8 Å². The van der Waals surface area contributed by atoms with E-state index in [4.69, 9.17) is 5.11 Å². The molecule has 2 aromatic rings. The van der Waals surface area contributed by atoms with Crippen molar-refractivity contribution in [2.24, 2.45) is 0 Å². The highest BCUT2D eigenvalue weighted by Gasteiger charge is 2.11. The van der Waals surface area contributed by atoms with Crippen molar-refractivity contribution in [3.05, 3.63) is 47.8 Å². The van der Waals surface area contributed by atoms with E-state index in [2.05, 4.69) is 9.97 Å². The van der Waals surface area contributed by atoms with Crippen LogP contribution in [0.1, 0.15) is 23.0 Å². The van der Waals surface area contributed by atoms with Crippen LogP contribution in [0.4, 0.5) is 4.39 Å². The zero-order valence-electron chi connectivity index (χ0n) is 9.72. The first-order valence-corrected chi connectivity index (χ1v) is 5.45. The van der Waals surface area contributed by atoms with Gasteiger partial charge in [0.15, 0.2) is 0 Å². The predicted molar refractivity (Wildman–Crippen MR) is 63.8 cm³/mol. The van der Waals surface area contributed by atoms with Crippen LogP contribution in [0.15, 0.2) is 30.7 Å². The summed E-state index contributed by atoms with van der Waals surface area (Å²) in [5, 5.41) is 8.91. The molecule has 0 saturated heterocycles. The molecular weight excluding hydrogens is 235 g/mol. The summed E-state index contributed by atoms with van der Waals surface area (Å²) in [6, 6.07) is 3.69. The molecule has 1 heterocycles. The summed E-state index contributed by atoms with van der Waals surface area (Å²) < 4.78 is 13.4. The highest BCUT2D eigenvalue weighted by molar-refractivity contribution is 5.89. The molecule has 18 heavy (non-hydrogen) atoms. The van der Waals surface area contributed by atoms with Crippen LogP contribution in [-0.4, -0.2) is 21.0 Å². The first-order chi connectivity index (χ1) is 8.61. The van der Waals surface area contributed by atoms with Gasteiger partial charge in [-0.15, -0.1) is 0 Å². The molecule has 1 N–H and O–H groups in total. The van der Waals surface area contributed by atoms with E-state index in [0.29, 0.717) is 17.5 Å². The molecule has 0 radical (unpaired) electrons. The van der Waals surface area contributed by atoms with E-state index in [1.807, 2.05) is 6.92 Å². The third kappa shape index (κ3) is 2.34. The van der Waals surface area contributed by atoms with Crippen molar-refractivity contribution < 1.29 is 14.3 Å².